The van der Waals surface area contributed by atoms with Crippen LogP contribution in [0.1, 0.15) is 77.9 Å². The van der Waals surface area contributed by atoms with Gasteiger partial charge in [0.2, 0.25) is 0 Å². The summed E-state index contributed by atoms with van der Waals surface area (Å²) in [7, 11) is 0. The van der Waals surface area contributed by atoms with Crippen LogP contribution >= 0.6 is 0 Å². The second kappa shape index (κ2) is 20.2. The highest BCUT2D eigenvalue weighted by molar-refractivity contribution is 5.95. The predicted molar refractivity (Wildman–Crippen MR) is 287 cm³/mol. The number of hydrogen-bond acceptors (Lipinski definition) is 0. The van der Waals surface area contributed by atoms with Gasteiger partial charge >= 0.3 is 0 Å². The summed E-state index contributed by atoms with van der Waals surface area (Å²) in [6.45, 7) is 8.92. The van der Waals surface area contributed by atoms with Crippen molar-refractivity contribution in [3.8, 4) is 22.3 Å². The summed E-state index contributed by atoms with van der Waals surface area (Å²) < 4.78 is 0. The van der Waals surface area contributed by atoms with Gasteiger partial charge < -0.3 is 0 Å². The molecule has 0 saturated carbocycles. The van der Waals surface area contributed by atoms with Crippen LogP contribution in [-0.4, -0.2) is 0 Å². The smallest absolute Gasteiger partial charge is 0.00997 e. The minimum Gasteiger partial charge on any atom is -0.0622 e. The highest BCUT2D eigenvalue weighted by Crippen LogP contribution is 2.40. The first-order chi connectivity index (χ1) is 32.4. The van der Waals surface area contributed by atoms with Gasteiger partial charge in [0.15, 0.2) is 0 Å². The zero-order valence-electron chi connectivity index (χ0n) is 38.2. The van der Waals surface area contributed by atoms with Crippen LogP contribution in [0.3, 0.4) is 0 Å². The van der Waals surface area contributed by atoms with Crippen molar-refractivity contribution in [3.63, 3.8) is 0 Å². The van der Waals surface area contributed by atoms with Crippen LogP contribution in [0.15, 0.2) is 218 Å². The number of rotatable bonds is 12. The van der Waals surface area contributed by atoms with Crippen LogP contribution in [-0.2, 0) is 0 Å². The van der Waals surface area contributed by atoms with Crippen LogP contribution in [0, 0.1) is 27.7 Å². The van der Waals surface area contributed by atoms with Crippen molar-refractivity contribution >= 4 is 47.6 Å². The highest BCUT2D eigenvalue weighted by Gasteiger charge is 2.17. The largest absolute Gasteiger partial charge is 0.0622 e. The van der Waals surface area contributed by atoms with Crippen LogP contribution < -0.4 is 0 Å². The molecule has 0 nitrogen and oxygen atoms in total. The lowest BCUT2D eigenvalue weighted by atomic mass is 9.85. The molecule has 0 aliphatic heterocycles. The molecule has 0 fully saturated rings. The molecule has 66 heavy (non-hydrogen) atoms. The van der Waals surface area contributed by atoms with Crippen molar-refractivity contribution in [3.05, 3.63) is 296 Å². The molecule has 0 spiro atoms. The van der Waals surface area contributed by atoms with Crippen molar-refractivity contribution in [1.29, 1.82) is 0 Å². The maximum Gasteiger partial charge on any atom is -0.00997 e. The van der Waals surface area contributed by atoms with E-state index in [1.807, 2.05) is 0 Å². The minimum absolute atomic E-state index is 1.15. The molecule has 0 heterocycles. The van der Waals surface area contributed by atoms with Gasteiger partial charge in [0, 0.05) is 0 Å². The zero-order chi connectivity index (χ0) is 45.2. The van der Waals surface area contributed by atoms with E-state index in [0.29, 0.717) is 0 Å². The van der Waals surface area contributed by atoms with Gasteiger partial charge in [-0.15, -0.1) is 0 Å². The summed E-state index contributed by atoms with van der Waals surface area (Å²) >= 11 is 0. The van der Waals surface area contributed by atoms with Gasteiger partial charge in [-0.1, -0.05) is 231 Å². The number of hydrogen-bond donors (Lipinski definition) is 0. The van der Waals surface area contributed by atoms with Crippen LogP contribution in [0.5, 0.6) is 0 Å². The first kappa shape index (κ1) is 43.2. The quantitative estimate of drug-likeness (QED) is 0.107. The molecule has 0 N–H and O–H groups in total. The Kier molecular flexibility index (Phi) is 13.2. The molecule has 0 aliphatic carbocycles. The lowest BCUT2D eigenvalue weighted by Gasteiger charge is -2.19. The van der Waals surface area contributed by atoms with Crippen molar-refractivity contribution < 1.29 is 0 Å². The van der Waals surface area contributed by atoms with E-state index in [-0.39, 0.29) is 0 Å². The molecule has 0 amide bonds. The maximum absolute atomic E-state index is 2.42. The molecule has 0 unspecified atom stereocenters. The monoisotopic (exact) mass is 846 g/mol. The second-order valence-electron chi connectivity index (χ2n) is 17.1. The molecule has 0 heteroatoms. The Labute approximate surface area is 392 Å². The molecule has 9 rings (SSSR count). The molecule has 0 radical (unpaired) electrons. The van der Waals surface area contributed by atoms with Crippen molar-refractivity contribution in [2.45, 2.75) is 27.7 Å². The molecule has 0 atom stereocenters. The highest BCUT2D eigenvalue weighted by atomic mass is 14.2. The molecular formula is C66H54. The lowest BCUT2D eigenvalue weighted by molar-refractivity contribution is 1.36. The van der Waals surface area contributed by atoms with Crippen molar-refractivity contribution in [1.82, 2.24) is 0 Å². The van der Waals surface area contributed by atoms with E-state index in [4.69, 9.17) is 0 Å². The standard InChI is InChI=1S/C66H54/c1-47-19-17-20-48(2)65(47)63-45-60(42-40-52-33-37-54(38-34-52)44-62(57-27-13-7-14-28-57)58-29-15-8-16-30-58)64(66-49(3)21-18-22-50(66)4)46-59(63)41-39-51-31-35-53(36-32-51)43-61(55-23-9-5-10-24-55)56-25-11-6-12-26-56/h5-46H,1-4H3. The lowest BCUT2D eigenvalue weighted by Crippen LogP contribution is -1.97. The Hall–Kier alpha value is -8.06. The summed E-state index contributed by atoms with van der Waals surface area (Å²) in [5.74, 6) is 0. The summed E-state index contributed by atoms with van der Waals surface area (Å²) in [5, 5.41) is 0. The third-order valence-electron chi connectivity index (χ3n) is 12.5. The Morgan fingerprint density at radius 3 is 0.833 bits per heavy atom. The van der Waals surface area contributed by atoms with Crippen molar-refractivity contribution in [2.24, 2.45) is 0 Å². The fourth-order valence-corrected chi connectivity index (χ4v) is 9.07. The van der Waals surface area contributed by atoms with E-state index >= 15 is 0 Å². The van der Waals surface area contributed by atoms with E-state index < -0.39 is 0 Å². The van der Waals surface area contributed by atoms with E-state index in [0.717, 1.165) is 22.3 Å². The van der Waals surface area contributed by atoms with Gasteiger partial charge in [-0.05, 0) is 163 Å². The average molecular weight is 847 g/mol. The first-order valence-electron chi connectivity index (χ1n) is 22.9. The molecule has 9 aromatic carbocycles. The Bertz CT molecular complexity index is 2850. The Balaban J connectivity index is 1.10. The van der Waals surface area contributed by atoms with Crippen molar-refractivity contribution in [2.75, 3.05) is 0 Å². The minimum atomic E-state index is 1.15. The molecule has 0 aromatic heterocycles. The molecular weight excluding hydrogens is 793 g/mol. The van der Waals surface area contributed by atoms with Gasteiger partial charge in [0.25, 0.3) is 0 Å². The third kappa shape index (κ3) is 10.0. The predicted octanol–water partition coefficient (Wildman–Crippen LogP) is 17.8. The molecule has 9 aromatic rings. The molecule has 0 aliphatic rings. The number of aryl methyl sites for hydroxylation is 4. The average Bonchev–Trinajstić information content (AvgIpc) is 3.36. The van der Waals surface area contributed by atoms with Crippen LogP contribution in [0.25, 0.3) is 69.9 Å². The van der Waals surface area contributed by atoms with Crippen LogP contribution in [0.4, 0.5) is 0 Å². The topological polar surface area (TPSA) is 0 Å². The van der Waals surface area contributed by atoms with Crippen LogP contribution in [0.2, 0.25) is 0 Å². The zero-order valence-corrected chi connectivity index (χ0v) is 38.2. The fourth-order valence-electron chi connectivity index (χ4n) is 9.07. The summed E-state index contributed by atoms with van der Waals surface area (Å²) in [4.78, 5) is 0. The van der Waals surface area contributed by atoms with E-state index in [1.165, 1.54) is 89.0 Å². The summed E-state index contributed by atoms with van der Waals surface area (Å²) in [5.41, 5.74) is 24.3. The molecule has 0 saturated heterocycles. The summed E-state index contributed by atoms with van der Waals surface area (Å²) in [6.07, 6.45) is 13.7. The third-order valence-corrected chi connectivity index (χ3v) is 12.5. The van der Waals surface area contributed by atoms with Gasteiger partial charge in [0.05, 0.1) is 0 Å². The molecule has 0 bridgehead atoms. The SMILES string of the molecule is Cc1cccc(C)c1-c1cc(C=Cc2ccc(C=C(c3ccccc3)c3ccccc3)cc2)c(-c2c(C)cccc2C)cc1C=Cc1ccc(C=C(c2ccccc2)c2ccccc2)cc1. The van der Waals surface area contributed by atoms with E-state index in [1.54, 1.807) is 0 Å². The second-order valence-corrected chi connectivity index (χ2v) is 17.1. The fraction of sp³-hybridized carbons (Fsp3) is 0.0606. The van der Waals surface area contributed by atoms with E-state index in [9.17, 15) is 0 Å². The van der Waals surface area contributed by atoms with Gasteiger partial charge in [-0.2, -0.15) is 0 Å². The Morgan fingerprint density at radius 1 is 0.273 bits per heavy atom. The Morgan fingerprint density at radius 2 is 0.545 bits per heavy atom. The van der Waals surface area contributed by atoms with Gasteiger partial charge in [-0.3, -0.25) is 0 Å². The maximum atomic E-state index is 2.42. The van der Waals surface area contributed by atoms with E-state index in [2.05, 4.69) is 283 Å². The summed E-state index contributed by atoms with van der Waals surface area (Å²) in [6, 6.07) is 78.4. The van der Waals surface area contributed by atoms with Gasteiger partial charge in [-0.25, -0.2) is 0 Å². The normalized spacial score (nSPS) is 11.2. The first-order valence-corrected chi connectivity index (χ1v) is 22.9. The number of benzene rings is 9. The van der Waals surface area contributed by atoms with Gasteiger partial charge in [0.1, 0.15) is 0 Å². The molecule has 318 valence electrons.